The highest BCUT2D eigenvalue weighted by Crippen LogP contribution is 2.31. The number of nitro groups is 1. The van der Waals surface area contributed by atoms with Crippen LogP contribution in [-0.4, -0.2) is 20.8 Å². The van der Waals surface area contributed by atoms with Crippen LogP contribution in [0.25, 0.3) is 21.3 Å². The number of hydrogen-bond acceptors (Lipinski definition) is 7. The molecule has 0 aliphatic heterocycles. The van der Waals surface area contributed by atoms with E-state index in [1.807, 2.05) is 5.38 Å². The highest BCUT2D eigenvalue weighted by atomic mass is 35.5. The van der Waals surface area contributed by atoms with Crippen molar-refractivity contribution >= 4 is 45.1 Å². The molecule has 0 atom stereocenters. The molecule has 4 rings (SSSR count). The Hall–Kier alpha value is -3.56. The van der Waals surface area contributed by atoms with E-state index >= 15 is 0 Å². The van der Waals surface area contributed by atoms with E-state index < -0.39 is 21.9 Å². The minimum atomic E-state index is -0.777. The molecule has 2 aromatic carbocycles. The van der Waals surface area contributed by atoms with E-state index in [1.54, 1.807) is 24.3 Å². The van der Waals surface area contributed by atoms with Gasteiger partial charge in [0.05, 0.1) is 16.5 Å². The summed E-state index contributed by atoms with van der Waals surface area (Å²) in [5.74, 6) is -0.777. The maximum Gasteiger partial charge on any atom is 0.283 e. The topological polar surface area (TPSA) is 113 Å². The van der Waals surface area contributed by atoms with Crippen molar-refractivity contribution in [3.63, 3.8) is 0 Å². The average molecular weight is 426 g/mol. The molecular weight excluding hydrogens is 416 g/mol. The first kappa shape index (κ1) is 18.8. The molecule has 2 heterocycles. The standard InChI is InChI=1S/C19H11ClN4O4S/c20-13-6-4-11(5-7-13)14-9-29-18-16(14)19(26)23(10-21-18)22-8-12-2-1-3-15(17(12)25)24(27)28/h1-10,25H/p-1/b22-8+. The first-order valence-electron chi connectivity index (χ1n) is 8.19. The van der Waals surface area contributed by atoms with E-state index in [2.05, 4.69) is 10.1 Å². The number of fused-ring (bicyclic) bond motifs is 1. The van der Waals surface area contributed by atoms with Crippen LogP contribution in [0, 0.1) is 10.1 Å². The Labute approximate surface area is 172 Å². The zero-order chi connectivity index (χ0) is 20.5. The Morgan fingerprint density at radius 1 is 1.21 bits per heavy atom. The SMILES string of the molecule is O=c1c2c(-c3ccc(Cl)cc3)csc2ncn1/N=C/c1cccc([N+](=O)[O-])c1[O-]. The fraction of sp³-hybridized carbons (Fsp3) is 0. The average Bonchev–Trinajstić information content (AvgIpc) is 3.14. The minimum Gasteiger partial charge on any atom is -0.867 e. The number of benzene rings is 2. The van der Waals surface area contributed by atoms with Crippen LogP contribution in [0.2, 0.25) is 5.02 Å². The molecule has 10 heteroatoms. The molecule has 0 bridgehead atoms. The second-order valence-electron chi connectivity index (χ2n) is 5.93. The molecule has 0 amide bonds. The van der Waals surface area contributed by atoms with Crippen LogP contribution in [0.1, 0.15) is 5.56 Å². The monoisotopic (exact) mass is 425 g/mol. The Bertz CT molecular complexity index is 1330. The van der Waals surface area contributed by atoms with Crippen molar-refractivity contribution in [1.29, 1.82) is 0 Å². The lowest BCUT2D eigenvalue weighted by molar-refractivity contribution is -0.398. The lowest BCUT2D eigenvalue weighted by Gasteiger charge is -2.09. The van der Waals surface area contributed by atoms with Gasteiger partial charge in [-0.2, -0.15) is 9.78 Å². The van der Waals surface area contributed by atoms with Crippen LogP contribution < -0.4 is 10.7 Å². The van der Waals surface area contributed by atoms with Crippen LogP contribution in [-0.2, 0) is 0 Å². The zero-order valence-corrected chi connectivity index (χ0v) is 16.1. The van der Waals surface area contributed by atoms with E-state index in [4.69, 9.17) is 11.6 Å². The van der Waals surface area contributed by atoms with Gasteiger partial charge in [0, 0.05) is 22.0 Å². The number of para-hydroxylation sites is 1. The van der Waals surface area contributed by atoms with E-state index in [-0.39, 0.29) is 5.56 Å². The van der Waals surface area contributed by atoms with Gasteiger partial charge in [-0.25, -0.2) is 4.98 Å². The van der Waals surface area contributed by atoms with Gasteiger partial charge in [0.1, 0.15) is 11.2 Å². The van der Waals surface area contributed by atoms with Crippen LogP contribution in [0.3, 0.4) is 0 Å². The van der Waals surface area contributed by atoms with Crippen molar-refractivity contribution in [3.8, 4) is 16.9 Å². The lowest BCUT2D eigenvalue weighted by Crippen LogP contribution is -2.17. The van der Waals surface area contributed by atoms with Crippen molar-refractivity contribution in [1.82, 2.24) is 9.66 Å². The molecule has 8 nitrogen and oxygen atoms in total. The third-order valence-corrected chi connectivity index (χ3v) is 5.31. The van der Waals surface area contributed by atoms with Gasteiger partial charge in [0.25, 0.3) is 11.2 Å². The first-order valence-corrected chi connectivity index (χ1v) is 9.45. The van der Waals surface area contributed by atoms with Gasteiger partial charge in [-0.1, -0.05) is 35.9 Å². The Morgan fingerprint density at radius 2 is 1.97 bits per heavy atom. The van der Waals surface area contributed by atoms with E-state index in [1.165, 1.54) is 29.8 Å². The van der Waals surface area contributed by atoms with Crippen LogP contribution in [0.5, 0.6) is 5.75 Å². The van der Waals surface area contributed by atoms with Crippen LogP contribution >= 0.6 is 22.9 Å². The predicted octanol–water partition coefficient (Wildman–Crippen LogP) is 3.64. The largest absolute Gasteiger partial charge is 0.867 e. The van der Waals surface area contributed by atoms with Gasteiger partial charge in [-0.15, -0.1) is 11.3 Å². The number of aromatic nitrogens is 2. The molecule has 0 fully saturated rings. The summed E-state index contributed by atoms with van der Waals surface area (Å²) in [4.78, 5) is 27.9. The summed E-state index contributed by atoms with van der Waals surface area (Å²) in [5.41, 5.74) is 0.521. The van der Waals surface area contributed by atoms with Crippen LogP contribution in [0.4, 0.5) is 5.69 Å². The molecule has 0 aliphatic rings. The summed E-state index contributed by atoms with van der Waals surface area (Å²) < 4.78 is 0.993. The van der Waals surface area contributed by atoms with Crippen molar-refractivity contribution in [2.45, 2.75) is 0 Å². The van der Waals surface area contributed by atoms with E-state index in [0.29, 0.717) is 20.8 Å². The quantitative estimate of drug-likeness (QED) is 0.281. The van der Waals surface area contributed by atoms with Gasteiger partial charge in [-0.05, 0) is 29.0 Å². The minimum absolute atomic E-state index is 0.00515. The predicted molar refractivity (Wildman–Crippen MR) is 110 cm³/mol. The maximum atomic E-state index is 12.9. The number of nitrogens with zero attached hydrogens (tertiary/aromatic N) is 4. The number of nitro benzene ring substituents is 1. The highest BCUT2D eigenvalue weighted by Gasteiger charge is 2.13. The summed E-state index contributed by atoms with van der Waals surface area (Å²) >= 11 is 7.25. The smallest absolute Gasteiger partial charge is 0.283 e. The van der Waals surface area contributed by atoms with Crippen LogP contribution in [0.15, 0.2) is 64.1 Å². The molecule has 0 N–H and O–H groups in total. The van der Waals surface area contributed by atoms with Gasteiger partial charge < -0.3 is 5.11 Å². The summed E-state index contributed by atoms with van der Waals surface area (Å²) in [5, 5.41) is 29.8. The number of thiophene rings is 1. The van der Waals surface area contributed by atoms with Gasteiger partial charge in [0.15, 0.2) is 0 Å². The number of hydrogen-bond donors (Lipinski definition) is 0. The normalized spacial score (nSPS) is 11.3. The van der Waals surface area contributed by atoms with Gasteiger partial charge in [-0.3, -0.25) is 14.9 Å². The highest BCUT2D eigenvalue weighted by molar-refractivity contribution is 7.17. The molecule has 0 saturated heterocycles. The number of rotatable bonds is 4. The summed E-state index contributed by atoms with van der Waals surface area (Å²) in [6.07, 6.45) is 2.35. The molecule has 0 saturated carbocycles. The molecule has 0 unspecified atom stereocenters. The summed E-state index contributed by atoms with van der Waals surface area (Å²) in [7, 11) is 0. The summed E-state index contributed by atoms with van der Waals surface area (Å²) in [6, 6.07) is 10.9. The first-order chi connectivity index (χ1) is 14.0. The third-order valence-electron chi connectivity index (χ3n) is 4.18. The fourth-order valence-corrected chi connectivity index (χ4v) is 3.79. The van der Waals surface area contributed by atoms with Crippen molar-refractivity contribution in [2.24, 2.45) is 5.10 Å². The number of halogens is 1. The second-order valence-corrected chi connectivity index (χ2v) is 7.22. The van der Waals surface area contributed by atoms with E-state index in [9.17, 15) is 20.0 Å². The molecular formula is C19H10ClN4O4S-. The second kappa shape index (κ2) is 7.46. The lowest BCUT2D eigenvalue weighted by atomic mass is 10.1. The third kappa shape index (κ3) is 3.48. The van der Waals surface area contributed by atoms with Gasteiger partial charge in [0.2, 0.25) is 0 Å². The van der Waals surface area contributed by atoms with Crippen molar-refractivity contribution in [2.75, 3.05) is 0 Å². The molecule has 144 valence electrons. The summed E-state index contributed by atoms with van der Waals surface area (Å²) in [6.45, 7) is 0. The van der Waals surface area contributed by atoms with E-state index in [0.717, 1.165) is 22.5 Å². The maximum absolute atomic E-state index is 12.9. The fourth-order valence-electron chi connectivity index (χ4n) is 2.76. The molecule has 29 heavy (non-hydrogen) atoms. The molecule has 0 radical (unpaired) electrons. The Morgan fingerprint density at radius 3 is 2.69 bits per heavy atom. The Kier molecular flexibility index (Phi) is 4.83. The molecule has 2 aromatic heterocycles. The van der Waals surface area contributed by atoms with Crippen molar-refractivity contribution < 1.29 is 10.0 Å². The molecule has 0 spiro atoms. The van der Waals surface area contributed by atoms with Gasteiger partial charge >= 0.3 is 0 Å². The van der Waals surface area contributed by atoms with Crippen molar-refractivity contribution in [3.05, 3.63) is 85.2 Å². The molecule has 0 aliphatic carbocycles. The zero-order valence-electron chi connectivity index (χ0n) is 14.5. The Balaban J connectivity index is 1.79. The molecule has 4 aromatic rings.